The van der Waals surface area contributed by atoms with Crippen LogP contribution in [0.1, 0.15) is 46.5 Å². The maximum Gasteiger partial charge on any atom is 0.245 e. The van der Waals surface area contributed by atoms with E-state index in [0.29, 0.717) is 6.42 Å². The van der Waals surface area contributed by atoms with E-state index in [-0.39, 0.29) is 35.9 Å². The predicted octanol–water partition coefficient (Wildman–Crippen LogP) is 1.30. The Hall–Kier alpha value is -1.06. The van der Waals surface area contributed by atoms with Crippen LogP contribution in [0.25, 0.3) is 0 Å². The molecule has 0 aromatic carbocycles. The van der Waals surface area contributed by atoms with Crippen molar-refractivity contribution < 1.29 is 9.59 Å². The Balaban J connectivity index is 2.19. The zero-order valence-electron chi connectivity index (χ0n) is 11.0. The van der Waals surface area contributed by atoms with Gasteiger partial charge in [0, 0.05) is 6.04 Å². The number of amides is 2. The molecule has 1 saturated carbocycles. The summed E-state index contributed by atoms with van der Waals surface area (Å²) >= 11 is 0. The lowest BCUT2D eigenvalue weighted by molar-refractivity contribution is -0.148. The quantitative estimate of drug-likeness (QED) is 0.788. The van der Waals surface area contributed by atoms with E-state index in [2.05, 4.69) is 19.2 Å². The minimum atomic E-state index is -0.312. The Morgan fingerprint density at radius 3 is 2.65 bits per heavy atom. The summed E-state index contributed by atoms with van der Waals surface area (Å²) in [5.74, 6) is 0.0891. The maximum absolute atomic E-state index is 12.3. The molecule has 1 heterocycles. The normalized spacial score (nSPS) is 32.8. The van der Waals surface area contributed by atoms with Crippen molar-refractivity contribution in [3.63, 3.8) is 0 Å². The third kappa shape index (κ3) is 2.17. The van der Waals surface area contributed by atoms with Gasteiger partial charge in [-0.25, -0.2) is 0 Å². The monoisotopic (exact) mass is 238 g/mol. The number of nitrogens with zero attached hydrogens (tertiary/aromatic N) is 1. The number of carbonyl (C=O) groups excluding carboxylic acids is 2. The fourth-order valence-electron chi connectivity index (χ4n) is 3.16. The molecule has 1 aliphatic heterocycles. The maximum atomic E-state index is 12.3. The lowest BCUT2D eigenvalue weighted by Gasteiger charge is -2.41. The molecule has 1 N–H and O–H groups in total. The van der Waals surface area contributed by atoms with E-state index < -0.39 is 0 Å². The van der Waals surface area contributed by atoms with Crippen molar-refractivity contribution in [1.29, 1.82) is 0 Å². The van der Waals surface area contributed by atoms with Gasteiger partial charge >= 0.3 is 0 Å². The molecule has 0 radical (unpaired) electrons. The molecule has 2 rings (SSSR count). The van der Waals surface area contributed by atoms with Crippen molar-refractivity contribution in [2.75, 3.05) is 6.54 Å². The van der Waals surface area contributed by atoms with Crippen molar-refractivity contribution in [2.24, 2.45) is 5.41 Å². The first-order chi connectivity index (χ1) is 7.95. The number of carbonyl (C=O) groups is 2. The van der Waals surface area contributed by atoms with Gasteiger partial charge < -0.3 is 10.2 Å². The highest BCUT2D eigenvalue weighted by Crippen LogP contribution is 2.41. The van der Waals surface area contributed by atoms with Crippen LogP contribution in [-0.4, -0.2) is 35.3 Å². The summed E-state index contributed by atoms with van der Waals surface area (Å²) in [6.07, 6.45) is 4.00. The highest BCUT2D eigenvalue weighted by atomic mass is 16.2. The molecule has 17 heavy (non-hydrogen) atoms. The molecule has 1 saturated heterocycles. The Morgan fingerprint density at radius 2 is 2.12 bits per heavy atom. The average molecular weight is 238 g/mol. The molecule has 4 heteroatoms. The SMILES string of the molecule is CCC1NC(=O)CN(C2CCCC2(C)C)C1=O. The summed E-state index contributed by atoms with van der Waals surface area (Å²) < 4.78 is 0. The third-order valence-corrected chi connectivity index (χ3v) is 4.22. The van der Waals surface area contributed by atoms with Gasteiger partial charge in [-0.2, -0.15) is 0 Å². The summed E-state index contributed by atoms with van der Waals surface area (Å²) in [4.78, 5) is 25.8. The summed E-state index contributed by atoms with van der Waals surface area (Å²) in [7, 11) is 0. The van der Waals surface area contributed by atoms with Crippen LogP contribution < -0.4 is 5.32 Å². The molecule has 2 unspecified atom stereocenters. The van der Waals surface area contributed by atoms with Gasteiger partial charge in [0.1, 0.15) is 6.04 Å². The zero-order valence-corrected chi connectivity index (χ0v) is 11.0. The second kappa shape index (κ2) is 4.31. The summed E-state index contributed by atoms with van der Waals surface area (Å²) in [6, 6.07) is -0.0808. The average Bonchev–Trinajstić information content (AvgIpc) is 2.61. The van der Waals surface area contributed by atoms with Gasteiger partial charge in [0.15, 0.2) is 0 Å². The fraction of sp³-hybridized carbons (Fsp3) is 0.846. The van der Waals surface area contributed by atoms with Gasteiger partial charge in [-0.05, 0) is 24.7 Å². The highest BCUT2D eigenvalue weighted by molar-refractivity contribution is 5.95. The van der Waals surface area contributed by atoms with Gasteiger partial charge in [0.2, 0.25) is 11.8 Å². The fourth-order valence-corrected chi connectivity index (χ4v) is 3.16. The van der Waals surface area contributed by atoms with Crippen LogP contribution >= 0.6 is 0 Å². The van der Waals surface area contributed by atoms with Gasteiger partial charge in [-0.15, -0.1) is 0 Å². The molecule has 0 spiro atoms. The number of hydrogen-bond acceptors (Lipinski definition) is 2. The van der Waals surface area contributed by atoms with Gasteiger partial charge in [0.25, 0.3) is 0 Å². The Morgan fingerprint density at radius 1 is 1.41 bits per heavy atom. The summed E-state index contributed by atoms with van der Waals surface area (Å²) in [5.41, 5.74) is 0.144. The molecule has 0 aromatic rings. The second-order valence-electron chi connectivity index (χ2n) is 5.89. The number of rotatable bonds is 2. The van der Waals surface area contributed by atoms with Crippen molar-refractivity contribution >= 4 is 11.8 Å². The first-order valence-corrected chi connectivity index (χ1v) is 6.55. The molecule has 4 nitrogen and oxygen atoms in total. The minimum Gasteiger partial charge on any atom is -0.343 e. The van der Waals surface area contributed by atoms with Crippen LogP contribution in [0.15, 0.2) is 0 Å². The molecule has 1 aliphatic carbocycles. The van der Waals surface area contributed by atoms with Crippen LogP contribution in [0.4, 0.5) is 0 Å². The van der Waals surface area contributed by atoms with E-state index in [0.717, 1.165) is 19.3 Å². The van der Waals surface area contributed by atoms with Crippen LogP contribution in [-0.2, 0) is 9.59 Å². The van der Waals surface area contributed by atoms with Crippen LogP contribution in [0.3, 0.4) is 0 Å². The van der Waals surface area contributed by atoms with Crippen molar-refractivity contribution in [1.82, 2.24) is 10.2 Å². The number of hydrogen-bond donors (Lipinski definition) is 1. The molecular formula is C13H22N2O2. The molecule has 0 aromatic heterocycles. The topological polar surface area (TPSA) is 49.4 Å². The van der Waals surface area contributed by atoms with Gasteiger partial charge in [0.05, 0.1) is 6.54 Å². The zero-order chi connectivity index (χ0) is 12.6. The smallest absolute Gasteiger partial charge is 0.245 e. The molecule has 2 fully saturated rings. The minimum absolute atomic E-state index is 0.0147. The largest absolute Gasteiger partial charge is 0.343 e. The van der Waals surface area contributed by atoms with E-state index in [4.69, 9.17) is 0 Å². The molecule has 2 atom stereocenters. The van der Waals surface area contributed by atoms with Crippen molar-refractivity contribution in [2.45, 2.75) is 58.5 Å². The van der Waals surface area contributed by atoms with E-state index in [1.165, 1.54) is 0 Å². The standard InChI is InChI=1S/C13H22N2O2/c1-4-9-12(17)15(8-11(16)14-9)10-6-5-7-13(10,2)3/h9-10H,4-8H2,1-3H3,(H,14,16). The first-order valence-electron chi connectivity index (χ1n) is 6.55. The van der Waals surface area contributed by atoms with Crippen molar-refractivity contribution in [3.8, 4) is 0 Å². The number of piperazine rings is 1. The van der Waals surface area contributed by atoms with E-state index in [9.17, 15) is 9.59 Å². The molecule has 96 valence electrons. The summed E-state index contributed by atoms with van der Waals surface area (Å²) in [5, 5.41) is 2.77. The van der Waals surface area contributed by atoms with Gasteiger partial charge in [-0.1, -0.05) is 27.2 Å². The Labute approximate surface area is 103 Å². The second-order valence-corrected chi connectivity index (χ2v) is 5.89. The van der Waals surface area contributed by atoms with Crippen LogP contribution in [0.5, 0.6) is 0 Å². The van der Waals surface area contributed by atoms with E-state index >= 15 is 0 Å². The van der Waals surface area contributed by atoms with Gasteiger partial charge in [-0.3, -0.25) is 9.59 Å². The highest BCUT2D eigenvalue weighted by Gasteiger charge is 2.44. The molecule has 2 aliphatic rings. The Bertz CT molecular complexity index is 338. The van der Waals surface area contributed by atoms with Crippen LogP contribution in [0.2, 0.25) is 0 Å². The molecule has 0 bridgehead atoms. The lowest BCUT2D eigenvalue weighted by Crippen LogP contribution is -2.61. The van der Waals surface area contributed by atoms with Crippen LogP contribution in [0, 0.1) is 5.41 Å². The Kier molecular flexibility index (Phi) is 3.15. The van der Waals surface area contributed by atoms with E-state index in [1.807, 2.05) is 11.8 Å². The number of nitrogens with one attached hydrogen (secondary N) is 1. The molecule has 2 amide bonds. The first kappa shape index (κ1) is 12.4. The summed E-state index contributed by atoms with van der Waals surface area (Å²) in [6.45, 7) is 6.58. The predicted molar refractivity (Wildman–Crippen MR) is 65.4 cm³/mol. The lowest BCUT2D eigenvalue weighted by atomic mass is 9.85. The third-order valence-electron chi connectivity index (χ3n) is 4.22. The van der Waals surface area contributed by atoms with Crippen molar-refractivity contribution in [3.05, 3.63) is 0 Å². The molecular weight excluding hydrogens is 216 g/mol. The van der Waals surface area contributed by atoms with E-state index in [1.54, 1.807) is 0 Å².